The Kier molecular flexibility index (Phi) is 7.55. The Hall–Kier alpha value is -3.41. The number of aliphatic hydroxyl groups is 1. The van der Waals surface area contributed by atoms with Crippen LogP contribution in [0.4, 0.5) is 14.6 Å². The highest BCUT2D eigenvalue weighted by molar-refractivity contribution is 5.93. The number of ether oxygens (including phenoxy) is 1. The van der Waals surface area contributed by atoms with Gasteiger partial charge in [-0.05, 0) is 52.2 Å². The van der Waals surface area contributed by atoms with Crippen molar-refractivity contribution in [3.63, 3.8) is 0 Å². The Labute approximate surface area is 220 Å². The van der Waals surface area contributed by atoms with E-state index in [4.69, 9.17) is 10.5 Å². The summed E-state index contributed by atoms with van der Waals surface area (Å²) >= 11 is 0. The molecule has 1 unspecified atom stereocenters. The first kappa shape index (κ1) is 27.6. The van der Waals surface area contributed by atoms with Gasteiger partial charge in [0.2, 0.25) is 0 Å². The van der Waals surface area contributed by atoms with E-state index < -0.39 is 35.3 Å². The highest BCUT2D eigenvalue weighted by atomic mass is 19.3. The van der Waals surface area contributed by atoms with Crippen LogP contribution >= 0.6 is 0 Å². The van der Waals surface area contributed by atoms with Crippen LogP contribution in [0.25, 0.3) is 0 Å². The van der Waals surface area contributed by atoms with Gasteiger partial charge in [-0.25, -0.2) is 13.8 Å². The number of nitrogens with zero attached hydrogens (tertiary/aromatic N) is 4. The lowest BCUT2D eigenvalue weighted by molar-refractivity contribution is 0.0407. The van der Waals surface area contributed by atoms with Crippen molar-refractivity contribution in [3.8, 4) is 6.01 Å². The molecule has 2 amide bonds. The van der Waals surface area contributed by atoms with E-state index in [0.29, 0.717) is 31.7 Å². The Bertz CT molecular complexity index is 1210. The summed E-state index contributed by atoms with van der Waals surface area (Å²) < 4.78 is 32.2. The summed E-state index contributed by atoms with van der Waals surface area (Å²) in [6.07, 6.45) is 1.17. The molecule has 1 aliphatic heterocycles. The smallest absolute Gasteiger partial charge is 0.319 e. The van der Waals surface area contributed by atoms with E-state index in [9.17, 15) is 23.5 Å². The molecule has 2 fully saturated rings. The molecule has 4 N–H and O–H groups in total. The lowest BCUT2D eigenvalue weighted by Crippen LogP contribution is -2.47. The number of nitrogens with one attached hydrogen (secondary N) is 1. The highest BCUT2D eigenvalue weighted by Crippen LogP contribution is 2.48. The number of carbonyl (C=O) groups excluding carboxylic acids is 2. The fraction of sp³-hybridized carbons (Fsp3) is 0.577. The summed E-state index contributed by atoms with van der Waals surface area (Å²) in [6.45, 7) is 7.50. The number of pyridine rings is 1. The van der Waals surface area contributed by atoms with Gasteiger partial charge in [0, 0.05) is 37.2 Å². The van der Waals surface area contributed by atoms with Crippen LogP contribution in [0.2, 0.25) is 0 Å². The molecule has 1 aliphatic carbocycles. The van der Waals surface area contributed by atoms with E-state index in [0.717, 1.165) is 11.3 Å². The molecule has 10 nitrogen and oxygen atoms in total. The van der Waals surface area contributed by atoms with Crippen LogP contribution in [0, 0.1) is 12.8 Å². The molecule has 0 aromatic carbocycles. The second-order valence-corrected chi connectivity index (χ2v) is 10.7. The number of hydrogen-bond acceptors (Lipinski definition) is 8. The number of carbonyl (C=O) groups is 2. The zero-order valence-electron chi connectivity index (χ0n) is 22.0. The maximum absolute atomic E-state index is 13.4. The van der Waals surface area contributed by atoms with Gasteiger partial charge in [-0.15, -0.1) is 0 Å². The molecular weight excluding hydrogens is 498 g/mol. The number of halogens is 2. The molecule has 3 heterocycles. The van der Waals surface area contributed by atoms with Gasteiger partial charge in [-0.2, -0.15) is 9.97 Å². The molecule has 0 spiro atoms. The van der Waals surface area contributed by atoms with E-state index in [2.05, 4.69) is 20.3 Å². The third-order valence-electron chi connectivity index (χ3n) is 7.29. The lowest BCUT2D eigenvalue weighted by Gasteiger charge is -2.33. The van der Waals surface area contributed by atoms with Crippen molar-refractivity contribution < 1.29 is 28.2 Å². The van der Waals surface area contributed by atoms with Gasteiger partial charge < -0.3 is 25.8 Å². The summed E-state index contributed by atoms with van der Waals surface area (Å²) in [5, 5.41) is 12.9. The molecule has 0 bridgehead atoms. The monoisotopic (exact) mass is 532 g/mol. The molecule has 12 heteroatoms. The van der Waals surface area contributed by atoms with Crippen molar-refractivity contribution in [1.82, 2.24) is 20.3 Å². The number of rotatable bonds is 9. The molecule has 38 heavy (non-hydrogen) atoms. The number of primary amides is 1. The minimum Gasteiger partial charge on any atom is -0.463 e. The normalized spacial score (nSPS) is 20.1. The van der Waals surface area contributed by atoms with E-state index in [-0.39, 0.29) is 36.3 Å². The van der Waals surface area contributed by atoms with E-state index in [1.165, 1.54) is 6.07 Å². The fourth-order valence-corrected chi connectivity index (χ4v) is 4.25. The van der Waals surface area contributed by atoms with Crippen molar-refractivity contribution in [2.24, 2.45) is 11.7 Å². The average molecular weight is 533 g/mol. The number of hydrogen-bond donors (Lipinski definition) is 3. The second-order valence-electron chi connectivity index (χ2n) is 10.7. The number of alkyl halides is 2. The maximum atomic E-state index is 13.4. The van der Waals surface area contributed by atoms with Crippen LogP contribution in [0.5, 0.6) is 6.01 Å². The molecule has 1 saturated heterocycles. The third kappa shape index (κ3) is 6.35. The summed E-state index contributed by atoms with van der Waals surface area (Å²) in [5.74, 6) is -4.21. The van der Waals surface area contributed by atoms with Crippen LogP contribution in [-0.2, 0) is 0 Å². The predicted octanol–water partition coefficient (Wildman–Crippen LogP) is 2.59. The van der Waals surface area contributed by atoms with Crippen LogP contribution in [0.15, 0.2) is 18.2 Å². The highest BCUT2D eigenvalue weighted by Gasteiger charge is 2.57. The van der Waals surface area contributed by atoms with Gasteiger partial charge in [-0.3, -0.25) is 9.59 Å². The molecule has 2 aromatic heterocycles. The van der Waals surface area contributed by atoms with Crippen LogP contribution in [0.1, 0.15) is 78.2 Å². The Morgan fingerprint density at radius 1 is 1.26 bits per heavy atom. The van der Waals surface area contributed by atoms with Crippen molar-refractivity contribution >= 4 is 17.6 Å². The van der Waals surface area contributed by atoms with Gasteiger partial charge in [0.05, 0.1) is 17.6 Å². The van der Waals surface area contributed by atoms with Crippen molar-refractivity contribution in [2.75, 3.05) is 24.6 Å². The topological polar surface area (TPSA) is 144 Å². The molecular formula is C26H34F2N6O4. The predicted molar refractivity (Wildman–Crippen MR) is 135 cm³/mol. The summed E-state index contributed by atoms with van der Waals surface area (Å²) in [7, 11) is 0. The number of amides is 2. The SMILES string of the molecule is Cc1ccc(C2CCN(c3cc(C(=O)N[C@H](C)C(C)(C)O)nc(OCC4CC4(F)F)n3)CC2)nc1C(N)=O. The van der Waals surface area contributed by atoms with Gasteiger partial charge in [-0.1, -0.05) is 6.07 Å². The molecule has 206 valence electrons. The number of anilines is 1. The summed E-state index contributed by atoms with van der Waals surface area (Å²) in [5.41, 5.74) is 6.08. The number of nitrogens with two attached hydrogens (primary N) is 1. The molecule has 2 atom stereocenters. The fourth-order valence-electron chi connectivity index (χ4n) is 4.25. The third-order valence-corrected chi connectivity index (χ3v) is 7.29. The number of aromatic nitrogens is 3. The minimum atomic E-state index is -2.75. The number of piperidine rings is 1. The number of aryl methyl sites for hydroxylation is 1. The Balaban J connectivity index is 1.51. The molecule has 2 aromatic rings. The van der Waals surface area contributed by atoms with Gasteiger partial charge in [0.1, 0.15) is 23.8 Å². The van der Waals surface area contributed by atoms with Crippen molar-refractivity contribution in [1.29, 1.82) is 0 Å². The van der Waals surface area contributed by atoms with Crippen molar-refractivity contribution in [2.45, 2.75) is 70.4 Å². The quantitative estimate of drug-likeness (QED) is 0.447. The van der Waals surface area contributed by atoms with Crippen LogP contribution in [-0.4, -0.2) is 69.1 Å². The Morgan fingerprint density at radius 3 is 2.50 bits per heavy atom. The van der Waals surface area contributed by atoms with Crippen molar-refractivity contribution in [3.05, 3.63) is 40.8 Å². The standard InChI is InChI=1S/C26H34F2N6O4/c1-14-5-6-18(31-21(14)22(29)35)16-7-9-34(10-8-16)20-11-19(23(36)30-15(2)25(3,4)37)32-24(33-20)38-13-17-12-26(17,27)28/h5-6,11,15-17,37H,7-10,12-13H2,1-4H3,(H2,29,35)(H,30,36)/t15-,17?/m1/s1. The minimum absolute atomic E-state index is 0.0112. The van der Waals surface area contributed by atoms with E-state index >= 15 is 0 Å². The lowest BCUT2D eigenvalue weighted by atomic mass is 9.92. The summed E-state index contributed by atoms with van der Waals surface area (Å²) in [6, 6.07) is 4.54. The molecule has 2 aliphatic rings. The molecule has 1 saturated carbocycles. The zero-order valence-corrected chi connectivity index (χ0v) is 22.0. The molecule has 0 radical (unpaired) electrons. The first-order valence-electron chi connectivity index (χ1n) is 12.7. The maximum Gasteiger partial charge on any atom is 0.319 e. The average Bonchev–Trinajstić information content (AvgIpc) is 3.48. The first-order valence-corrected chi connectivity index (χ1v) is 12.7. The first-order chi connectivity index (χ1) is 17.7. The van der Waals surface area contributed by atoms with E-state index in [1.807, 2.05) is 17.0 Å². The largest absolute Gasteiger partial charge is 0.463 e. The molecule has 4 rings (SSSR count). The Morgan fingerprint density at radius 2 is 1.92 bits per heavy atom. The van der Waals surface area contributed by atoms with Crippen LogP contribution < -0.4 is 20.7 Å². The zero-order chi connectivity index (χ0) is 27.8. The van der Waals surface area contributed by atoms with E-state index in [1.54, 1.807) is 27.7 Å². The van der Waals surface area contributed by atoms with Gasteiger partial charge in [0.15, 0.2) is 0 Å². The second kappa shape index (κ2) is 10.4. The van der Waals surface area contributed by atoms with Crippen LogP contribution in [0.3, 0.4) is 0 Å². The summed E-state index contributed by atoms with van der Waals surface area (Å²) in [4.78, 5) is 39.7. The van der Waals surface area contributed by atoms with Gasteiger partial charge in [0.25, 0.3) is 17.7 Å². The van der Waals surface area contributed by atoms with Gasteiger partial charge >= 0.3 is 6.01 Å².